The SMILES string of the molecule is COc1ccc([C@@H]2Nc3ccc(OC)cc3SC(=O)[C@H]2O)cc1. The van der Waals surface area contributed by atoms with Gasteiger partial charge in [-0.1, -0.05) is 12.1 Å². The van der Waals surface area contributed by atoms with Gasteiger partial charge < -0.3 is 19.9 Å². The molecular formula is C17H17NO4S. The average Bonchev–Trinajstić information content (AvgIpc) is 2.71. The van der Waals surface area contributed by atoms with Crippen LogP contribution in [-0.2, 0) is 4.79 Å². The van der Waals surface area contributed by atoms with Crippen LogP contribution in [0.15, 0.2) is 47.4 Å². The van der Waals surface area contributed by atoms with Gasteiger partial charge in [0.1, 0.15) is 17.6 Å². The van der Waals surface area contributed by atoms with E-state index < -0.39 is 12.1 Å². The molecule has 5 nitrogen and oxygen atoms in total. The summed E-state index contributed by atoms with van der Waals surface area (Å²) >= 11 is 1.02. The molecule has 0 radical (unpaired) electrons. The molecule has 120 valence electrons. The Kier molecular flexibility index (Phi) is 4.45. The van der Waals surface area contributed by atoms with Crippen LogP contribution in [0.3, 0.4) is 0 Å². The Morgan fingerprint density at radius 1 is 1.04 bits per heavy atom. The van der Waals surface area contributed by atoms with Gasteiger partial charge in [0.2, 0.25) is 5.12 Å². The molecule has 0 aromatic heterocycles. The lowest BCUT2D eigenvalue weighted by Crippen LogP contribution is -2.29. The summed E-state index contributed by atoms with van der Waals surface area (Å²) in [6, 6.07) is 12.2. The number of hydrogen-bond donors (Lipinski definition) is 2. The van der Waals surface area contributed by atoms with Crippen molar-refractivity contribution >= 4 is 22.6 Å². The Morgan fingerprint density at radius 3 is 2.35 bits per heavy atom. The number of benzene rings is 2. The number of rotatable bonds is 3. The lowest BCUT2D eigenvalue weighted by Gasteiger charge is -2.22. The fraction of sp³-hybridized carbons (Fsp3) is 0.235. The van der Waals surface area contributed by atoms with Crippen LogP contribution in [0.5, 0.6) is 11.5 Å². The van der Waals surface area contributed by atoms with Crippen molar-refractivity contribution in [2.45, 2.75) is 17.0 Å². The molecule has 2 aromatic rings. The molecule has 2 aromatic carbocycles. The van der Waals surface area contributed by atoms with E-state index in [1.807, 2.05) is 24.3 Å². The van der Waals surface area contributed by atoms with Crippen LogP contribution in [0.1, 0.15) is 11.6 Å². The topological polar surface area (TPSA) is 67.8 Å². The molecule has 23 heavy (non-hydrogen) atoms. The third-order valence-corrected chi connectivity index (χ3v) is 4.74. The van der Waals surface area contributed by atoms with Crippen molar-refractivity contribution in [1.82, 2.24) is 0 Å². The number of methoxy groups -OCH3 is 2. The maximum atomic E-state index is 12.3. The molecule has 1 aliphatic heterocycles. The molecule has 2 N–H and O–H groups in total. The van der Waals surface area contributed by atoms with Gasteiger partial charge in [0, 0.05) is 10.6 Å². The highest BCUT2D eigenvalue weighted by Crippen LogP contribution is 2.39. The Morgan fingerprint density at radius 2 is 1.70 bits per heavy atom. The van der Waals surface area contributed by atoms with E-state index in [2.05, 4.69) is 5.32 Å². The number of ether oxygens (including phenoxy) is 2. The molecule has 0 unspecified atom stereocenters. The van der Waals surface area contributed by atoms with E-state index in [1.54, 1.807) is 32.4 Å². The molecule has 1 aliphatic rings. The van der Waals surface area contributed by atoms with Crippen LogP contribution in [-0.4, -0.2) is 30.5 Å². The summed E-state index contributed by atoms with van der Waals surface area (Å²) in [4.78, 5) is 13.0. The van der Waals surface area contributed by atoms with Crippen LogP contribution < -0.4 is 14.8 Å². The molecule has 0 saturated heterocycles. The van der Waals surface area contributed by atoms with Crippen molar-refractivity contribution in [3.8, 4) is 11.5 Å². The van der Waals surface area contributed by atoms with Gasteiger partial charge >= 0.3 is 0 Å². The van der Waals surface area contributed by atoms with Gasteiger partial charge in [-0.05, 0) is 47.7 Å². The van der Waals surface area contributed by atoms with E-state index in [-0.39, 0.29) is 5.12 Å². The first-order valence-corrected chi connectivity index (χ1v) is 7.92. The predicted molar refractivity (Wildman–Crippen MR) is 89.2 cm³/mol. The smallest absolute Gasteiger partial charge is 0.224 e. The minimum atomic E-state index is -1.15. The molecule has 0 saturated carbocycles. The quantitative estimate of drug-likeness (QED) is 0.901. The Labute approximate surface area is 138 Å². The molecule has 2 atom stereocenters. The van der Waals surface area contributed by atoms with Crippen molar-refractivity contribution in [2.24, 2.45) is 0 Å². The van der Waals surface area contributed by atoms with Crippen molar-refractivity contribution in [2.75, 3.05) is 19.5 Å². The standard InChI is InChI=1S/C17H17NO4S/c1-21-11-5-3-10(4-6-11)15-16(19)17(20)23-14-9-12(22-2)7-8-13(14)18-15/h3-9,15-16,18-19H,1-2H3/t15-,16-/m0/s1. The first kappa shape index (κ1) is 15.7. The molecule has 0 fully saturated rings. The van der Waals surface area contributed by atoms with Gasteiger partial charge in [0.15, 0.2) is 0 Å². The molecule has 0 spiro atoms. The van der Waals surface area contributed by atoms with Crippen molar-refractivity contribution in [3.63, 3.8) is 0 Å². The summed E-state index contributed by atoms with van der Waals surface area (Å²) in [6.45, 7) is 0. The van der Waals surface area contributed by atoms with Crippen LogP contribution in [0.25, 0.3) is 0 Å². The highest BCUT2D eigenvalue weighted by Gasteiger charge is 2.32. The largest absolute Gasteiger partial charge is 0.497 e. The maximum Gasteiger partial charge on any atom is 0.224 e. The number of carbonyl (C=O) groups excluding carboxylic acids is 1. The number of anilines is 1. The van der Waals surface area contributed by atoms with Crippen LogP contribution in [0.4, 0.5) is 5.69 Å². The average molecular weight is 331 g/mol. The second-order valence-electron chi connectivity index (χ2n) is 5.12. The van der Waals surface area contributed by atoms with Gasteiger partial charge in [-0.25, -0.2) is 0 Å². The molecule has 0 amide bonds. The summed E-state index contributed by atoms with van der Waals surface area (Å²) in [5, 5.41) is 13.4. The predicted octanol–water partition coefficient (Wildman–Crippen LogP) is 2.85. The zero-order chi connectivity index (χ0) is 16.4. The van der Waals surface area contributed by atoms with E-state index in [1.165, 1.54) is 0 Å². The van der Waals surface area contributed by atoms with Crippen LogP contribution >= 0.6 is 11.8 Å². The van der Waals surface area contributed by atoms with Gasteiger partial charge in [0.25, 0.3) is 0 Å². The Bertz CT molecular complexity index is 717. The van der Waals surface area contributed by atoms with E-state index in [0.29, 0.717) is 5.75 Å². The molecule has 3 rings (SSSR count). The third kappa shape index (κ3) is 3.13. The first-order chi connectivity index (χ1) is 11.1. The fourth-order valence-electron chi connectivity index (χ4n) is 2.46. The summed E-state index contributed by atoms with van der Waals surface area (Å²) in [5.41, 5.74) is 1.61. The summed E-state index contributed by atoms with van der Waals surface area (Å²) in [7, 11) is 3.17. The summed E-state index contributed by atoms with van der Waals surface area (Å²) in [6.07, 6.45) is -1.15. The second-order valence-corrected chi connectivity index (χ2v) is 6.17. The normalized spacial score (nSPS) is 20.2. The zero-order valence-corrected chi connectivity index (χ0v) is 13.6. The lowest BCUT2D eigenvalue weighted by molar-refractivity contribution is -0.118. The number of carbonyl (C=O) groups is 1. The molecule has 0 bridgehead atoms. The summed E-state index contributed by atoms with van der Waals surface area (Å²) < 4.78 is 10.3. The van der Waals surface area contributed by atoms with Crippen LogP contribution in [0.2, 0.25) is 0 Å². The van der Waals surface area contributed by atoms with E-state index in [0.717, 1.165) is 33.7 Å². The Balaban J connectivity index is 1.97. The minimum Gasteiger partial charge on any atom is -0.497 e. The van der Waals surface area contributed by atoms with Gasteiger partial charge in [-0.15, -0.1) is 0 Å². The third-order valence-electron chi connectivity index (χ3n) is 3.74. The van der Waals surface area contributed by atoms with E-state index >= 15 is 0 Å². The van der Waals surface area contributed by atoms with E-state index in [4.69, 9.17) is 9.47 Å². The van der Waals surface area contributed by atoms with Gasteiger partial charge in [0.05, 0.1) is 20.3 Å². The maximum absolute atomic E-state index is 12.3. The monoisotopic (exact) mass is 331 g/mol. The zero-order valence-electron chi connectivity index (χ0n) is 12.8. The molecule has 1 heterocycles. The fourth-order valence-corrected chi connectivity index (χ4v) is 3.35. The highest BCUT2D eigenvalue weighted by atomic mass is 32.2. The number of nitrogens with one attached hydrogen (secondary N) is 1. The number of thioether (sulfide) groups is 1. The number of aliphatic hydroxyl groups is 1. The first-order valence-electron chi connectivity index (χ1n) is 7.10. The Hall–Kier alpha value is -2.18. The number of fused-ring (bicyclic) bond motifs is 1. The van der Waals surface area contributed by atoms with Gasteiger partial charge in [-0.2, -0.15) is 0 Å². The molecular weight excluding hydrogens is 314 g/mol. The second kappa shape index (κ2) is 6.52. The molecule has 6 heteroatoms. The van der Waals surface area contributed by atoms with Crippen molar-refractivity contribution < 1.29 is 19.4 Å². The minimum absolute atomic E-state index is 0.301. The highest BCUT2D eigenvalue weighted by molar-refractivity contribution is 8.14. The number of aliphatic hydroxyl groups excluding tert-OH is 1. The summed E-state index contributed by atoms with van der Waals surface area (Å²) in [5.74, 6) is 1.39. The van der Waals surface area contributed by atoms with Crippen molar-refractivity contribution in [3.05, 3.63) is 48.0 Å². The molecule has 0 aliphatic carbocycles. The number of hydrogen-bond acceptors (Lipinski definition) is 6. The van der Waals surface area contributed by atoms with E-state index in [9.17, 15) is 9.90 Å². The lowest BCUT2D eigenvalue weighted by atomic mass is 10.0. The van der Waals surface area contributed by atoms with Gasteiger partial charge in [-0.3, -0.25) is 4.79 Å². The van der Waals surface area contributed by atoms with Crippen molar-refractivity contribution in [1.29, 1.82) is 0 Å². The van der Waals surface area contributed by atoms with Crippen LogP contribution in [0, 0.1) is 0 Å².